The van der Waals surface area contributed by atoms with Crippen molar-refractivity contribution in [3.63, 3.8) is 0 Å². The van der Waals surface area contributed by atoms with Crippen molar-refractivity contribution in [3.05, 3.63) is 92.9 Å². The number of rotatable bonds is 12. The van der Waals surface area contributed by atoms with Crippen LogP contribution in [0.4, 0.5) is 5.69 Å². The van der Waals surface area contributed by atoms with Crippen molar-refractivity contribution < 1.29 is 18.0 Å². The van der Waals surface area contributed by atoms with Crippen molar-refractivity contribution in [2.24, 2.45) is 0 Å². The van der Waals surface area contributed by atoms with Gasteiger partial charge in [-0.1, -0.05) is 84.5 Å². The van der Waals surface area contributed by atoms with Crippen molar-refractivity contribution in [1.29, 1.82) is 0 Å². The molecule has 2 atom stereocenters. The fourth-order valence-corrected chi connectivity index (χ4v) is 6.46. The first-order valence-electron chi connectivity index (χ1n) is 13.3. The fraction of sp³-hybridized carbons (Fsp3) is 0.333. The van der Waals surface area contributed by atoms with Gasteiger partial charge in [0.05, 0.1) is 15.6 Å². The molecule has 1 N–H and O–H groups in total. The summed E-state index contributed by atoms with van der Waals surface area (Å²) < 4.78 is 28.9. The first-order valence-corrected chi connectivity index (χ1v) is 15.8. The molecule has 0 spiro atoms. The Bertz CT molecular complexity index is 1460. The summed E-state index contributed by atoms with van der Waals surface area (Å²) in [6, 6.07) is 16.6. The van der Waals surface area contributed by atoms with Gasteiger partial charge >= 0.3 is 0 Å². The second-order valence-corrected chi connectivity index (χ2v) is 12.8. The number of sulfonamides is 1. The molecule has 0 saturated heterocycles. The minimum atomic E-state index is -4.24. The third-order valence-corrected chi connectivity index (χ3v) is 9.59. The Kier molecular flexibility index (Phi) is 11.5. The van der Waals surface area contributed by atoms with Crippen LogP contribution >= 0.6 is 34.8 Å². The molecule has 3 rings (SSSR count). The van der Waals surface area contributed by atoms with Gasteiger partial charge in [-0.15, -0.1) is 0 Å². The maximum atomic E-state index is 14.2. The molecule has 0 bridgehead atoms. The van der Waals surface area contributed by atoms with Crippen molar-refractivity contribution in [3.8, 4) is 0 Å². The Labute approximate surface area is 257 Å². The zero-order valence-electron chi connectivity index (χ0n) is 23.4. The Hall–Kier alpha value is -2.78. The zero-order chi connectivity index (χ0) is 30.3. The number of amides is 2. The summed E-state index contributed by atoms with van der Waals surface area (Å²) in [5.41, 5.74) is 1.46. The van der Waals surface area contributed by atoms with Crippen LogP contribution in [0.3, 0.4) is 0 Å². The topological polar surface area (TPSA) is 86.8 Å². The quantitative estimate of drug-likeness (QED) is 0.235. The van der Waals surface area contributed by atoms with Gasteiger partial charge in [-0.2, -0.15) is 0 Å². The van der Waals surface area contributed by atoms with E-state index in [-0.39, 0.29) is 40.5 Å². The molecule has 41 heavy (non-hydrogen) atoms. The van der Waals surface area contributed by atoms with Crippen LogP contribution < -0.4 is 9.62 Å². The maximum absolute atomic E-state index is 14.2. The summed E-state index contributed by atoms with van der Waals surface area (Å²) in [6.45, 7) is 6.72. The molecule has 3 aromatic rings. The molecule has 0 heterocycles. The second kappa shape index (κ2) is 14.4. The molecule has 0 saturated carbocycles. The number of halogens is 3. The normalized spacial score (nSPS) is 12.9. The summed E-state index contributed by atoms with van der Waals surface area (Å²) in [5, 5.41) is 3.73. The summed E-state index contributed by atoms with van der Waals surface area (Å²) >= 11 is 19.4. The number of aryl methyl sites for hydroxylation is 1. The highest BCUT2D eigenvalue weighted by molar-refractivity contribution is 7.92. The van der Waals surface area contributed by atoms with E-state index in [2.05, 4.69) is 5.32 Å². The molecule has 0 aliphatic heterocycles. The minimum Gasteiger partial charge on any atom is -0.352 e. The molecule has 3 aromatic carbocycles. The fourth-order valence-electron chi connectivity index (χ4n) is 4.22. The van der Waals surface area contributed by atoms with Gasteiger partial charge < -0.3 is 10.2 Å². The lowest BCUT2D eigenvalue weighted by atomic mass is 10.1. The lowest BCUT2D eigenvalue weighted by Gasteiger charge is -2.34. The number of carbonyl (C=O) groups is 2. The van der Waals surface area contributed by atoms with Crippen molar-refractivity contribution in [2.45, 2.75) is 64.1 Å². The lowest BCUT2D eigenvalue weighted by Crippen LogP contribution is -2.53. The number of anilines is 1. The van der Waals surface area contributed by atoms with Gasteiger partial charge in [-0.3, -0.25) is 13.9 Å². The van der Waals surface area contributed by atoms with Crippen LogP contribution in [0.1, 0.15) is 44.7 Å². The van der Waals surface area contributed by atoms with E-state index >= 15 is 0 Å². The van der Waals surface area contributed by atoms with Crippen LogP contribution in [0.15, 0.2) is 71.6 Å². The molecular formula is C30H34Cl3N3O4S. The van der Waals surface area contributed by atoms with Crippen LogP contribution in [0, 0.1) is 6.92 Å². The van der Waals surface area contributed by atoms with Gasteiger partial charge in [0.1, 0.15) is 12.6 Å². The van der Waals surface area contributed by atoms with Crippen molar-refractivity contribution in [2.75, 3.05) is 10.8 Å². The SMILES string of the molecule is CCC(C)NC(=O)C(CC)N(Cc1c(Cl)cccc1Cl)C(=O)CN(c1ccccc1Cl)S(=O)(=O)c1ccc(C)cc1. The number of nitrogens with one attached hydrogen (secondary N) is 1. The van der Waals surface area contributed by atoms with Gasteiger partial charge in [0, 0.05) is 28.2 Å². The van der Waals surface area contributed by atoms with Gasteiger partial charge in [-0.25, -0.2) is 8.42 Å². The average molecular weight is 639 g/mol. The average Bonchev–Trinajstić information content (AvgIpc) is 2.93. The van der Waals surface area contributed by atoms with E-state index in [1.807, 2.05) is 20.8 Å². The van der Waals surface area contributed by atoms with Gasteiger partial charge in [0.2, 0.25) is 11.8 Å². The lowest BCUT2D eigenvalue weighted by molar-refractivity contribution is -0.140. The van der Waals surface area contributed by atoms with Crippen LogP contribution in [-0.4, -0.2) is 43.8 Å². The van der Waals surface area contributed by atoms with Gasteiger partial charge in [0.25, 0.3) is 10.0 Å². The van der Waals surface area contributed by atoms with Crippen molar-refractivity contribution >= 4 is 62.3 Å². The Balaban J connectivity index is 2.11. The first-order chi connectivity index (χ1) is 19.4. The summed E-state index contributed by atoms with van der Waals surface area (Å²) in [4.78, 5) is 28.9. The molecule has 2 unspecified atom stereocenters. The van der Waals surface area contributed by atoms with E-state index in [0.29, 0.717) is 22.0 Å². The number of nitrogens with zero attached hydrogens (tertiary/aromatic N) is 2. The van der Waals surface area contributed by atoms with E-state index in [1.165, 1.54) is 23.1 Å². The number of carbonyl (C=O) groups excluding carboxylic acids is 2. The van der Waals surface area contributed by atoms with E-state index in [0.717, 1.165) is 9.87 Å². The standard InChI is InChI=1S/C30H34Cl3N3O4S/c1-5-21(4)34-30(38)27(6-2)35(18-23-24(31)11-9-12-25(23)32)29(37)19-36(28-13-8-7-10-26(28)33)41(39,40)22-16-14-20(3)15-17-22/h7-17,21,27H,5-6,18-19H2,1-4H3,(H,34,38). The predicted molar refractivity (Wildman–Crippen MR) is 166 cm³/mol. The molecule has 220 valence electrons. The minimum absolute atomic E-state index is 0.00178. The number of para-hydroxylation sites is 1. The molecule has 0 aromatic heterocycles. The zero-order valence-corrected chi connectivity index (χ0v) is 26.5. The van der Waals surface area contributed by atoms with Crippen molar-refractivity contribution in [1.82, 2.24) is 10.2 Å². The highest BCUT2D eigenvalue weighted by Crippen LogP contribution is 2.32. The molecule has 2 amide bonds. The van der Waals surface area contributed by atoms with Gasteiger partial charge in [-0.05, 0) is 63.1 Å². The summed E-state index contributed by atoms with van der Waals surface area (Å²) in [6.07, 6.45) is 0.967. The second-order valence-electron chi connectivity index (χ2n) is 9.74. The van der Waals surface area contributed by atoms with Gasteiger partial charge in [0.15, 0.2) is 0 Å². The molecular weight excluding hydrogens is 605 g/mol. The molecule has 11 heteroatoms. The highest BCUT2D eigenvalue weighted by atomic mass is 35.5. The van der Waals surface area contributed by atoms with E-state index < -0.39 is 28.5 Å². The number of benzene rings is 3. The Morgan fingerprint density at radius 2 is 1.44 bits per heavy atom. The predicted octanol–water partition coefficient (Wildman–Crippen LogP) is 6.87. The molecule has 7 nitrogen and oxygen atoms in total. The monoisotopic (exact) mass is 637 g/mol. The highest BCUT2D eigenvalue weighted by Gasteiger charge is 2.35. The smallest absolute Gasteiger partial charge is 0.264 e. The molecule has 0 fully saturated rings. The van der Waals surface area contributed by atoms with Crippen LogP contribution in [0.5, 0.6) is 0 Å². The van der Waals surface area contributed by atoms with Crippen LogP contribution in [-0.2, 0) is 26.2 Å². The molecule has 0 aliphatic rings. The summed E-state index contributed by atoms with van der Waals surface area (Å²) in [7, 11) is -4.24. The number of hydrogen-bond acceptors (Lipinski definition) is 4. The van der Waals surface area contributed by atoms with E-state index in [4.69, 9.17) is 34.8 Å². The number of hydrogen-bond donors (Lipinski definition) is 1. The Morgan fingerprint density at radius 3 is 2.00 bits per heavy atom. The first kappa shape index (κ1) is 32.7. The van der Waals surface area contributed by atoms with Crippen LogP contribution in [0.2, 0.25) is 15.1 Å². The van der Waals surface area contributed by atoms with E-state index in [1.54, 1.807) is 55.5 Å². The largest absolute Gasteiger partial charge is 0.352 e. The maximum Gasteiger partial charge on any atom is 0.264 e. The third-order valence-electron chi connectivity index (χ3n) is 6.79. The van der Waals surface area contributed by atoms with E-state index in [9.17, 15) is 18.0 Å². The molecule has 0 radical (unpaired) electrons. The third kappa shape index (κ3) is 7.95. The Morgan fingerprint density at radius 1 is 0.854 bits per heavy atom. The summed E-state index contributed by atoms with van der Waals surface area (Å²) in [5.74, 6) is -0.980. The molecule has 0 aliphatic carbocycles. The van der Waals surface area contributed by atoms with Crippen LogP contribution in [0.25, 0.3) is 0 Å².